The lowest BCUT2D eigenvalue weighted by molar-refractivity contribution is 0.929. The van der Waals surface area contributed by atoms with Gasteiger partial charge in [-0.25, -0.2) is 15.0 Å². The van der Waals surface area contributed by atoms with E-state index in [-0.39, 0.29) is 0 Å². The summed E-state index contributed by atoms with van der Waals surface area (Å²) in [5.41, 5.74) is 5.88. The Hall–Kier alpha value is -4.37. The van der Waals surface area contributed by atoms with E-state index >= 15 is 0 Å². The van der Waals surface area contributed by atoms with Gasteiger partial charge >= 0.3 is 0 Å². The van der Waals surface area contributed by atoms with Crippen LogP contribution in [0.3, 0.4) is 0 Å². The number of hydrogen-bond acceptors (Lipinski definition) is 3. The van der Waals surface area contributed by atoms with Crippen molar-refractivity contribution in [3.05, 3.63) is 115 Å². The first-order chi connectivity index (χ1) is 16.7. The first-order valence-corrected chi connectivity index (χ1v) is 11.5. The van der Waals surface area contributed by atoms with Crippen LogP contribution < -0.4 is 0 Å². The molecule has 0 aliphatic rings. The van der Waals surface area contributed by atoms with Gasteiger partial charge in [-0.1, -0.05) is 97.1 Å². The van der Waals surface area contributed by atoms with Crippen LogP contribution in [0.5, 0.6) is 0 Å². The Labute approximate surface area is 198 Å². The highest BCUT2D eigenvalue weighted by molar-refractivity contribution is 6.21. The van der Waals surface area contributed by atoms with Crippen LogP contribution in [0, 0.1) is 13.8 Å². The minimum absolute atomic E-state index is 0.709. The normalized spacial score (nSPS) is 11.2. The highest BCUT2D eigenvalue weighted by atomic mass is 15.0. The molecule has 6 aromatic rings. The summed E-state index contributed by atoms with van der Waals surface area (Å²) in [5, 5.41) is 4.90. The fraction of sp³-hybridized carbons (Fsp3) is 0.0645. The van der Waals surface area contributed by atoms with Crippen LogP contribution in [0.2, 0.25) is 0 Å². The van der Waals surface area contributed by atoms with Crippen LogP contribution in [0.4, 0.5) is 0 Å². The maximum atomic E-state index is 4.63. The molecule has 34 heavy (non-hydrogen) atoms. The first kappa shape index (κ1) is 20.3. The molecule has 5 aromatic carbocycles. The third-order valence-electron chi connectivity index (χ3n) is 6.27. The van der Waals surface area contributed by atoms with Gasteiger partial charge < -0.3 is 0 Å². The van der Waals surface area contributed by atoms with Gasteiger partial charge in [0.05, 0.1) is 0 Å². The van der Waals surface area contributed by atoms with Crippen molar-refractivity contribution in [1.29, 1.82) is 0 Å². The van der Waals surface area contributed by atoms with E-state index in [1.165, 1.54) is 43.8 Å². The molecular formula is C31H23N3. The Morgan fingerprint density at radius 1 is 0.412 bits per heavy atom. The fourth-order valence-electron chi connectivity index (χ4n) is 4.89. The zero-order valence-electron chi connectivity index (χ0n) is 19.2. The number of benzene rings is 5. The average molecular weight is 438 g/mol. The summed E-state index contributed by atoms with van der Waals surface area (Å²) in [7, 11) is 0. The van der Waals surface area contributed by atoms with Crippen LogP contribution >= 0.6 is 0 Å². The van der Waals surface area contributed by atoms with Crippen molar-refractivity contribution in [2.45, 2.75) is 13.8 Å². The summed E-state index contributed by atoms with van der Waals surface area (Å²) in [6.45, 7) is 3.82. The Morgan fingerprint density at radius 2 is 0.882 bits per heavy atom. The monoisotopic (exact) mass is 437 g/mol. The van der Waals surface area contributed by atoms with Crippen molar-refractivity contribution in [2.75, 3.05) is 0 Å². The second-order valence-electron chi connectivity index (χ2n) is 8.54. The molecule has 0 spiro atoms. The molecule has 1 aromatic heterocycles. The smallest absolute Gasteiger partial charge is 0.163 e. The van der Waals surface area contributed by atoms with Gasteiger partial charge in [0.15, 0.2) is 5.82 Å². The number of hydrogen-bond donors (Lipinski definition) is 0. The van der Waals surface area contributed by atoms with Crippen LogP contribution in [0.25, 0.3) is 55.2 Å². The number of aromatic nitrogens is 3. The molecule has 0 saturated heterocycles. The van der Waals surface area contributed by atoms with E-state index in [2.05, 4.69) is 118 Å². The zero-order chi connectivity index (χ0) is 23.1. The predicted molar refractivity (Wildman–Crippen MR) is 141 cm³/mol. The minimum atomic E-state index is 0.709. The molecule has 0 aliphatic carbocycles. The van der Waals surface area contributed by atoms with Gasteiger partial charge in [0.1, 0.15) is 11.6 Å². The minimum Gasteiger partial charge on any atom is -0.219 e. The van der Waals surface area contributed by atoms with Crippen LogP contribution in [0.15, 0.2) is 103 Å². The fourth-order valence-corrected chi connectivity index (χ4v) is 4.89. The molecule has 0 N–H and O–H groups in total. The Kier molecular flexibility index (Phi) is 4.88. The van der Waals surface area contributed by atoms with Gasteiger partial charge in [0.25, 0.3) is 0 Å². The van der Waals surface area contributed by atoms with Gasteiger partial charge in [-0.15, -0.1) is 0 Å². The van der Waals surface area contributed by atoms with Gasteiger partial charge in [0, 0.05) is 5.56 Å². The van der Waals surface area contributed by atoms with Gasteiger partial charge in [0.2, 0.25) is 0 Å². The van der Waals surface area contributed by atoms with E-state index in [0.29, 0.717) is 5.82 Å². The molecule has 6 rings (SSSR count). The zero-order valence-corrected chi connectivity index (χ0v) is 19.2. The summed E-state index contributed by atoms with van der Waals surface area (Å²) < 4.78 is 0. The Bertz CT molecular complexity index is 1640. The van der Waals surface area contributed by atoms with Crippen molar-refractivity contribution >= 4 is 21.5 Å². The molecule has 1 heterocycles. The second-order valence-corrected chi connectivity index (χ2v) is 8.54. The summed E-state index contributed by atoms with van der Waals surface area (Å²) in [5.74, 6) is 2.17. The van der Waals surface area contributed by atoms with E-state index in [9.17, 15) is 0 Å². The second kappa shape index (κ2) is 8.20. The van der Waals surface area contributed by atoms with E-state index in [0.717, 1.165) is 17.2 Å². The molecule has 162 valence electrons. The van der Waals surface area contributed by atoms with Crippen molar-refractivity contribution in [1.82, 2.24) is 15.0 Å². The van der Waals surface area contributed by atoms with E-state index in [1.54, 1.807) is 0 Å². The molecular weight excluding hydrogens is 414 g/mol. The maximum absolute atomic E-state index is 4.63. The van der Waals surface area contributed by atoms with Crippen molar-refractivity contribution < 1.29 is 0 Å². The summed E-state index contributed by atoms with van der Waals surface area (Å²) in [6, 6.07) is 36.6. The topological polar surface area (TPSA) is 38.7 Å². The molecule has 3 heteroatoms. The number of nitrogens with zero attached hydrogens (tertiary/aromatic N) is 3. The molecule has 3 nitrogen and oxygen atoms in total. The van der Waals surface area contributed by atoms with E-state index in [4.69, 9.17) is 0 Å². The summed E-state index contributed by atoms with van der Waals surface area (Å²) in [6.07, 6.45) is 0. The molecule has 0 atom stereocenters. The van der Waals surface area contributed by atoms with Crippen molar-refractivity contribution in [3.8, 4) is 33.6 Å². The van der Waals surface area contributed by atoms with E-state index < -0.39 is 0 Å². The van der Waals surface area contributed by atoms with Crippen LogP contribution in [-0.2, 0) is 0 Å². The summed E-state index contributed by atoms with van der Waals surface area (Å²) in [4.78, 5) is 13.6. The van der Waals surface area contributed by atoms with Gasteiger partial charge in [-0.3, -0.25) is 0 Å². The standard InChI is InChI=1S/C31H23N3/c1-20-32-21(2)34-31(33-20)24-17-18-27-28(19-24)30(23-13-7-4-8-14-23)26-16-10-9-15-25(26)29(27)22-11-5-3-6-12-22/h3-19H,1-2H3. The molecule has 0 fully saturated rings. The molecule has 0 saturated carbocycles. The quantitative estimate of drug-likeness (QED) is 0.265. The SMILES string of the molecule is Cc1nc(C)nc(-c2ccc3c(-c4ccccc4)c4ccccc4c(-c4ccccc4)c3c2)n1. The third kappa shape index (κ3) is 3.43. The maximum Gasteiger partial charge on any atom is 0.163 e. The van der Waals surface area contributed by atoms with Gasteiger partial charge in [-0.2, -0.15) is 0 Å². The van der Waals surface area contributed by atoms with Crippen molar-refractivity contribution in [2.24, 2.45) is 0 Å². The van der Waals surface area contributed by atoms with Crippen LogP contribution in [0.1, 0.15) is 11.6 Å². The Morgan fingerprint density at radius 3 is 1.44 bits per heavy atom. The lowest BCUT2D eigenvalue weighted by atomic mass is 9.85. The largest absolute Gasteiger partial charge is 0.219 e. The average Bonchev–Trinajstić information content (AvgIpc) is 2.87. The highest BCUT2D eigenvalue weighted by Crippen LogP contribution is 2.44. The number of rotatable bonds is 3. The third-order valence-corrected chi connectivity index (χ3v) is 6.27. The number of aryl methyl sites for hydroxylation is 2. The number of fused-ring (bicyclic) bond motifs is 2. The Balaban J connectivity index is 1.78. The van der Waals surface area contributed by atoms with E-state index in [1.807, 2.05) is 13.8 Å². The molecule has 0 amide bonds. The lowest BCUT2D eigenvalue weighted by Crippen LogP contribution is -1.99. The van der Waals surface area contributed by atoms with Crippen molar-refractivity contribution in [3.63, 3.8) is 0 Å². The van der Waals surface area contributed by atoms with Gasteiger partial charge in [-0.05, 0) is 63.7 Å². The predicted octanol–water partition coefficient (Wildman–Crippen LogP) is 7.80. The first-order valence-electron chi connectivity index (χ1n) is 11.5. The summed E-state index contributed by atoms with van der Waals surface area (Å²) >= 11 is 0. The highest BCUT2D eigenvalue weighted by Gasteiger charge is 2.17. The lowest BCUT2D eigenvalue weighted by Gasteiger charge is -2.18. The molecule has 0 bridgehead atoms. The molecule has 0 radical (unpaired) electrons. The molecule has 0 aliphatic heterocycles. The molecule has 0 unspecified atom stereocenters. The van der Waals surface area contributed by atoms with Crippen LogP contribution in [-0.4, -0.2) is 15.0 Å².